The van der Waals surface area contributed by atoms with Crippen molar-refractivity contribution in [2.75, 3.05) is 11.4 Å². The molecule has 0 N–H and O–H groups in total. The molecular weight excluding hydrogens is 276 g/mol. The van der Waals surface area contributed by atoms with Gasteiger partial charge in [0.05, 0.1) is 5.69 Å². The number of hydrogen-bond acceptors (Lipinski definition) is 1. The summed E-state index contributed by atoms with van der Waals surface area (Å²) in [4.78, 5) is 11.6. The van der Waals surface area contributed by atoms with E-state index in [1.807, 2.05) is 0 Å². The van der Waals surface area contributed by atoms with Crippen molar-refractivity contribution < 1.29 is 31.1 Å². The van der Waals surface area contributed by atoms with Gasteiger partial charge in [-0.05, 0) is 24.1 Å². The Morgan fingerprint density at radius 2 is 1.79 bits per heavy atom. The predicted molar refractivity (Wildman–Crippen MR) is 53.5 cm³/mol. The highest BCUT2D eigenvalue weighted by Gasteiger charge is 2.65. The number of hydrogen-bond donors (Lipinski definition) is 0. The number of fused-ring (bicyclic) bond motifs is 1. The minimum atomic E-state index is -5.97. The number of alkyl halides is 5. The van der Waals surface area contributed by atoms with Gasteiger partial charge in [-0.1, -0.05) is 6.07 Å². The number of carbonyl (C=O) groups excluding carboxylic acids is 1. The average molecular weight is 283 g/mol. The van der Waals surface area contributed by atoms with Gasteiger partial charge in [0, 0.05) is 6.54 Å². The van der Waals surface area contributed by atoms with Crippen molar-refractivity contribution >= 4 is 11.6 Å². The molecule has 0 spiro atoms. The molecule has 19 heavy (non-hydrogen) atoms. The van der Waals surface area contributed by atoms with Crippen LogP contribution in [0.4, 0.5) is 32.0 Å². The minimum Gasteiger partial charge on any atom is -0.306 e. The number of rotatable bonds is 1. The highest BCUT2D eigenvalue weighted by molar-refractivity contribution is 6.00. The summed E-state index contributed by atoms with van der Waals surface area (Å²) in [5.74, 6) is -8.68. The lowest BCUT2D eigenvalue weighted by Gasteiger charge is -2.25. The summed E-state index contributed by atoms with van der Waals surface area (Å²) in [7, 11) is 0. The first-order valence-electron chi connectivity index (χ1n) is 5.19. The van der Waals surface area contributed by atoms with Crippen molar-refractivity contribution in [2.45, 2.75) is 18.5 Å². The maximum atomic E-state index is 13.0. The second kappa shape index (κ2) is 4.14. The van der Waals surface area contributed by atoms with Gasteiger partial charge in [0.15, 0.2) is 0 Å². The fraction of sp³-hybridized carbons (Fsp3) is 0.364. The van der Waals surface area contributed by atoms with E-state index in [2.05, 4.69) is 0 Å². The first-order chi connectivity index (χ1) is 8.64. The Morgan fingerprint density at radius 3 is 2.37 bits per heavy atom. The van der Waals surface area contributed by atoms with Crippen molar-refractivity contribution in [2.24, 2.45) is 0 Å². The van der Waals surface area contributed by atoms with E-state index in [9.17, 15) is 31.1 Å². The van der Waals surface area contributed by atoms with Gasteiger partial charge in [0.1, 0.15) is 5.82 Å². The zero-order valence-electron chi connectivity index (χ0n) is 9.27. The molecule has 1 aromatic carbocycles. The van der Waals surface area contributed by atoms with E-state index in [0.29, 0.717) is 5.56 Å². The Hall–Kier alpha value is -1.73. The molecule has 1 amide bonds. The number of halogens is 6. The van der Waals surface area contributed by atoms with Crippen LogP contribution in [0.2, 0.25) is 0 Å². The van der Waals surface area contributed by atoms with Gasteiger partial charge < -0.3 is 4.90 Å². The lowest BCUT2D eigenvalue weighted by atomic mass is 10.1. The lowest BCUT2D eigenvalue weighted by molar-refractivity contribution is -0.268. The van der Waals surface area contributed by atoms with E-state index in [0.717, 1.165) is 12.1 Å². The van der Waals surface area contributed by atoms with Crippen LogP contribution in [0.15, 0.2) is 18.2 Å². The largest absolute Gasteiger partial charge is 0.463 e. The van der Waals surface area contributed by atoms with Crippen LogP contribution in [0.5, 0.6) is 0 Å². The molecular formula is C11H7F6NO. The zero-order valence-corrected chi connectivity index (χ0v) is 9.27. The molecule has 0 radical (unpaired) electrons. The van der Waals surface area contributed by atoms with Gasteiger partial charge >= 0.3 is 18.0 Å². The zero-order chi connectivity index (χ0) is 14.4. The summed E-state index contributed by atoms with van der Waals surface area (Å²) in [6, 6.07) is 3.07. The molecule has 0 unspecified atom stereocenters. The fourth-order valence-electron chi connectivity index (χ4n) is 1.85. The van der Waals surface area contributed by atoms with Crippen LogP contribution in [-0.4, -0.2) is 24.6 Å². The second-order valence-electron chi connectivity index (χ2n) is 4.05. The molecule has 0 saturated heterocycles. The van der Waals surface area contributed by atoms with Crippen LogP contribution in [0.1, 0.15) is 5.56 Å². The molecule has 1 aliphatic heterocycles. The van der Waals surface area contributed by atoms with Crippen molar-refractivity contribution in [1.29, 1.82) is 0 Å². The normalized spacial score (nSPS) is 15.6. The molecule has 8 heteroatoms. The van der Waals surface area contributed by atoms with Gasteiger partial charge in [-0.2, -0.15) is 22.0 Å². The monoisotopic (exact) mass is 283 g/mol. The lowest BCUT2D eigenvalue weighted by Crippen LogP contribution is -2.51. The predicted octanol–water partition coefficient (Wildman–Crippen LogP) is 2.91. The summed E-state index contributed by atoms with van der Waals surface area (Å²) >= 11 is 0. The van der Waals surface area contributed by atoms with E-state index in [1.165, 1.54) is 6.07 Å². The third-order valence-electron chi connectivity index (χ3n) is 2.81. The Morgan fingerprint density at radius 1 is 1.16 bits per heavy atom. The Kier molecular flexibility index (Phi) is 2.98. The summed E-state index contributed by atoms with van der Waals surface area (Å²) in [5, 5.41) is 0. The third kappa shape index (κ3) is 2.15. The van der Waals surface area contributed by atoms with E-state index < -0.39 is 23.8 Å². The van der Waals surface area contributed by atoms with Crippen LogP contribution in [0.3, 0.4) is 0 Å². The van der Waals surface area contributed by atoms with Gasteiger partial charge in [-0.15, -0.1) is 0 Å². The molecule has 2 nitrogen and oxygen atoms in total. The molecule has 0 saturated carbocycles. The fourth-order valence-corrected chi connectivity index (χ4v) is 1.85. The molecule has 0 atom stereocenters. The summed E-state index contributed by atoms with van der Waals surface area (Å²) in [6.45, 7) is -0.330. The van der Waals surface area contributed by atoms with Gasteiger partial charge in [0.25, 0.3) is 0 Å². The van der Waals surface area contributed by atoms with Gasteiger partial charge in [-0.3, -0.25) is 4.79 Å². The van der Waals surface area contributed by atoms with Crippen LogP contribution in [-0.2, 0) is 11.2 Å². The molecule has 1 aliphatic rings. The Bertz CT molecular complexity index is 524. The Balaban J connectivity index is 2.37. The third-order valence-corrected chi connectivity index (χ3v) is 2.81. The minimum absolute atomic E-state index is 0.106. The maximum absolute atomic E-state index is 13.0. The SMILES string of the molecule is O=C(N1CCc2ccc(F)cc21)C(F)(F)C(F)(F)F. The standard InChI is InChI=1S/C11H7F6NO/c12-7-2-1-6-3-4-18(8(6)5-7)9(19)10(13,14)11(15,16)17/h1-2,5H,3-4H2. The van der Waals surface area contributed by atoms with Crippen molar-refractivity contribution in [3.8, 4) is 0 Å². The molecule has 0 aliphatic carbocycles. The summed E-state index contributed by atoms with van der Waals surface area (Å²) in [6.07, 6.45) is -5.87. The molecule has 0 bridgehead atoms. The van der Waals surface area contributed by atoms with E-state index in [1.54, 1.807) is 0 Å². The van der Waals surface area contributed by atoms with Crippen LogP contribution >= 0.6 is 0 Å². The molecule has 1 heterocycles. The van der Waals surface area contributed by atoms with Crippen molar-refractivity contribution in [3.05, 3.63) is 29.6 Å². The first kappa shape index (κ1) is 13.7. The Labute approximate surface area is 103 Å². The average Bonchev–Trinajstić information content (AvgIpc) is 2.69. The van der Waals surface area contributed by atoms with Crippen molar-refractivity contribution in [3.63, 3.8) is 0 Å². The van der Waals surface area contributed by atoms with Crippen molar-refractivity contribution in [1.82, 2.24) is 0 Å². The maximum Gasteiger partial charge on any atom is 0.463 e. The molecule has 2 rings (SSSR count). The molecule has 104 valence electrons. The van der Waals surface area contributed by atoms with Crippen LogP contribution in [0.25, 0.3) is 0 Å². The van der Waals surface area contributed by atoms with E-state index in [-0.39, 0.29) is 23.6 Å². The number of carbonyl (C=O) groups is 1. The quantitative estimate of drug-likeness (QED) is 0.726. The van der Waals surface area contributed by atoms with E-state index in [4.69, 9.17) is 0 Å². The number of anilines is 1. The van der Waals surface area contributed by atoms with Gasteiger partial charge in [-0.25, -0.2) is 4.39 Å². The highest BCUT2D eigenvalue weighted by atomic mass is 19.4. The highest BCUT2D eigenvalue weighted by Crippen LogP contribution is 2.40. The second-order valence-corrected chi connectivity index (χ2v) is 4.05. The van der Waals surface area contributed by atoms with Crippen LogP contribution in [0, 0.1) is 5.82 Å². The summed E-state index contributed by atoms with van der Waals surface area (Å²) < 4.78 is 75.3. The first-order valence-corrected chi connectivity index (χ1v) is 5.19. The molecule has 0 aromatic heterocycles. The molecule has 0 fully saturated rings. The smallest absolute Gasteiger partial charge is 0.306 e. The topological polar surface area (TPSA) is 20.3 Å². The van der Waals surface area contributed by atoms with Gasteiger partial charge in [0.2, 0.25) is 0 Å². The number of amides is 1. The number of nitrogens with zero attached hydrogens (tertiary/aromatic N) is 1. The molecule has 1 aromatic rings. The number of benzene rings is 1. The summed E-state index contributed by atoms with van der Waals surface area (Å²) in [5.41, 5.74) is 0.113. The van der Waals surface area contributed by atoms with E-state index >= 15 is 0 Å². The van der Waals surface area contributed by atoms with Crippen LogP contribution < -0.4 is 4.90 Å².